The second kappa shape index (κ2) is 21.7. The Hall–Kier alpha value is -5.47. The molecule has 4 fully saturated rings. The van der Waals surface area contributed by atoms with Crippen LogP contribution in [0.1, 0.15) is 67.6 Å². The van der Waals surface area contributed by atoms with Crippen molar-refractivity contribution in [1.82, 2.24) is 25.9 Å². The Labute approximate surface area is 397 Å². The van der Waals surface area contributed by atoms with Crippen LogP contribution in [0.15, 0.2) is 97.1 Å². The predicted octanol–water partition coefficient (Wildman–Crippen LogP) is 6.97. The number of nitrogens with one attached hydrogen (secondary N) is 3. The second-order valence-electron chi connectivity index (χ2n) is 20.1. The molecule has 8 rings (SSSR count). The van der Waals surface area contributed by atoms with Crippen LogP contribution in [-0.4, -0.2) is 118 Å². The number of anilines is 1. The van der Waals surface area contributed by atoms with Crippen LogP contribution < -0.4 is 25.6 Å². The number of fused-ring (bicyclic) bond motifs is 2. The van der Waals surface area contributed by atoms with Gasteiger partial charge >= 0.3 is 6.09 Å². The van der Waals surface area contributed by atoms with Gasteiger partial charge in [0.15, 0.2) is 0 Å². The zero-order valence-corrected chi connectivity index (χ0v) is 40.8. The number of rotatable bonds is 19. The number of benzene rings is 4. The maximum absolute atomic E-state index is 14.9. The molecule has 3 amide bonds. The third kappa shape index (κ3) is 11.5. The van der Waals surface area contributed by atoms with E-state index in [1.807, 2.05) is 118 Å². The number of alkyl carbamates (subject to hydrolysis) is 1. The summed E-state index contributed by atoms with van der Waals surface area (Å²) in [6.45, 7) is 9.42. The molecule has 67 heavy (non-hydrogen) atoms. The van der Waals surface area contributed by atoms with Crippen molar-refractivity contribution < 1.29 is 33.8 Å². The first-order valence-corrected chi connectivity index (χ1v) is 23.9. The van der Waals surface area contributed by atoms with Crippen LogP contribution in [0.4, 0.5) is 10.5 Å². The minimum absolute atomic E-state index is 0.0257. The van der Waals surface area contributed by atoms with Gasteiger partial charge in [0, 0.05) is 61.6 Å². The number of para-hydroxylation sites is 1. The van der Waals surface area contributed by atoms with Gasteiger partial charge in [-0.3, -0.25) is 14.4 Å². The van der Waals surface area contributed by atoms with Gasteiger partial charge in [-0.05, 0) is 105 Å². The highest BCUT2D eigenvalue weighted by molar-refractivity contribution is 5.97. The number of hydroxylamine groups is 2. The third-order valence-electron chi connectivity index (χ3n) is 14.7. The first kappa shape index (κ1) is 49.4. The Balaban J connectivity index is 1.16. The molecule has 3 aliphatic carbocycles. The number of hydrogen-bond acceptors (Lipinski definition) is 10. The largest absolute Gasteiger partial charge is 0.496 e. The molecule has 0 radical (unpaired) electrons. The summed E-state index contributed by atoms with van der Waals surface area (Å²) in [6.07, 6.45) is 1.12. The average molecular weight is 917 g/mol. The van der Waals surface area contributed by atoms with E-state index in [9.17, 15) is 19.5 Å². The number of likely N-dealkylation sites (N-methyl/N-ethyl adjacent to an activating group) is 1. The first-order chi connectivity index (χ1) is 32.1. The van der Waals surface area contributed by atoms with Crippen molar-refractivity contribution >= 4 is 23.6 Å². The van der Waals surface area contributed by atoms with Crippen LogP contribution in [0, 0.1) is 29.1 Å². The van der Waals surface area contributed by atoms with Gasteiger partial charge in [0.05, 0.1) is 26.2 Å². The van der Waals surface area contributed by atoms with Gasteiger partial charge in [0.1, 0.15) is 24.0 Å². The summed E-state index contributed by atoms with van der Waals surface area (Å²) in [6, 6.07) is 30.6. The molecule has 4 aromatic rings. The highest BCUT2D eigenvalue weighted by Gasteiger charge is 2.57. The standard InChI is InChI=1S/C54H72N6O7/c1-34-45-29-41(54(45,3)4)30-46(34)57-52(63)49-48(35(2)66-53(64)55-24-23-36-17-12-10-13-18-36)47(33-61)67-60(49)31-38-21-16-22-44(50(38)65-9)39-26-40(28-43(27-39)59(7)8)51(62)56-42(32-58(5)6)25-37-19-14-11-15-20-37/h10-22,26-28,34-35,41-42,45-49,61H,23-25,29-33H2,1-9H3,(H,55,64)(H,56,62)(H,57,63)/t34-,35-,41-,42-,45+,46-,47-,48+,49-/m0/s1. The Kier molecular flexibility index (Phi) is 16.0. The molecule has 1 aliphatic heterocycles. The number of carbonyl (C=O) groups excluding carboxylic acids is 3. The van der Waals surface area contributed by atoms with Gasteiger partial charge in [0.2, 0.25) is 5.91 Å². The Morgan fingerprint density at radius 1 is 0.925 bits per heavy atom. The van der Waals surface area contributed by atoms with Crippen molar-refractivity contribution in [2.24, 2.45) is 29.1 Å². The van der Waals surface area contributed by atoms with Gasteiger partial charge in [-0.2, -0.15) is 5.06 Å². The lowest BCUT2D eigenvalue weighted by molar-refractivity contribution is -0.183. The van der Waals surface area contributed by atoms with E-state index in [1.54, 1.807) is 19.1 Å². The van der Waals surface area contributed by atoms with E-state index >= 15 is 0 Å². The number of carbonyl (C=O) groups is 3. The minimum Gasteiger partial charge on any atom is -0.496 e. The molecule has 4 aliphatic rings. The highest BCUT2D eigenvalue weighted by Crippen LogP contribution is 2.61. The zero-order valence-electron chi connectivity index (χ0n) is 40.8. The Morgan fingerprint density at radius 2 is 1.63 bits per heavy atom. The van der Waals surface area contributed by atoms with E-state index in [4.69, 9.17) is 14.3 Å². The van der Waals surface area contributed by atoms with Crippen LogP contribution >= 0.6 is 0 Å². The molecule has 4 N–H and O–H groups in total. The molecular weight excluding hydrogens is 845 g/mol. The number of amides is 3. The SMILES string of the molecule is COc1c(CN2O[C@@H](CO)[C@@H]([C@H](C)OC(=O)NCCc3ccccc3)[C@H]2C(=O)N[C@H]2C[C@@H]3C[C@H]([C@@H]2C)C3(C)C)cccc1-c1cc(C(=O)N[C@@H](Cc2ccccc2)CN(C)C)cc(N(C)C)c1. The fraction of sp³-hybridized carbons (Fsp3) is 0.500. The molecule has 360 valence electrons. The number of nitrogens with zero attached hydrogens (tertiary/aromatic N) is 3. The number of methoxy groups -OCH3 is 1. The summed E-state index contributed by atoms with van der Waals surface area (Å²) in [4.78, 5) is 52.9. The number of aliphatic hydroxyl groups excluding tert-OH is 1. The lowest BCUT2D eigenvalue weighted by atomic mass is 9.45. The monoisotopic (exact) mass is 917 g/mol. The molecule has 1 saturated heterocycles. The van der Waals surface area contributed by atoms with Gasteiger partial charge in [-0.15, -0.1) is 0 Å². The van der Waals surface area contributed by atoms with E-state index in [0.29, 0.717) is 49.1 Å². The summed E-state index contributed by atoms with van der Waals surface area (Å²) in [5.41, 5.74) is 6.07. The minimum atomic E-state index is -0.922. The van der Waals surface area contributed by atoms with Gasteiger partial charge in [-0.25, -0.2) is 4.79 Å². The molecule has 0 spiro atoms. The van der Waals surface area contributed by atoms with Gasteiger partial charge < -0.3 is 40.3 Å². The van der Waals surface area contributed by atoms with E-state index in [2.05, 4.69) is 53.8 Å². The van der Waals surface area contributed by atoms with Gasteiger partial charge in [0.25, 0.3) is 5.91 Å². The van der Waals surface area contributed by atoms with Crippen LogP contribution in [0.5, 0.6) is 5.75 Å². The van der Waals surface area contributed by atoms with Crippen molar-refractivity contribution in [2.45, 2.75) is 90.3 Å². The lowest BCUT2D eigenvalue weighted by Crippen LogP contribution is -2.62. The Morgan fingerprint density at radius 3 is 2.25 bits per heavy atom. The molecule has 9 atom stereocenters. The smallest absolute Gasteiger partial charge is 0.407 e. The first-order valence-electron chi connectivity index (χ1n) is 23.9. The van der Waals surface area contributed by atoms with Crippen molar-refractivity contribution in [3.8, 4) is 16.9 Å². The molecule has 3 saturated carbocycles. The predicted molar refractivity (Wildman–Crippen MR) is 263 cm³/mol. The topological polar surface area (TPSA) is 145 Å². The van der Waals surface area contributed by atoms with Crippen LogP contribution in [-0.2, 0) is 33.8 Å². The van der Waals surface area contributed by atoms with E-state index in [-0.39, 0.29) is 41.8 Å². The molecule has 0 unspecified atom stereocenters. The summed E-state index contributed by atoms with van der Waals surface area (Å²) < 4.78 is 12.2. The van der Waals surface area contributed by atoms with Crippen LogP contribution in [0.2, 0.25) is 0 Å². The zero-order chi connectivity index (χ0) is 48.0. The van der Waals surface area contributed by atoms with Crippen LogP contribution in [0.25, 0.3) is 11.1 Å². The molecule has 13 nitrogen and oxygen atoms in total. The molecule has 1 heterocycles. The normalized spacial score (nSPS) is 24.0. The van der Waals surface area contributed by atoms with Crippen molar-refractivity contribution in [3.63, 3.8) is 0 Å². The van der Waals surface area contributed by atoms with E-state index in [1.165, 1.54) is 6.42 Å². The fourth-order valence-electron chi connectivity index (χ4n) is 11.0. The van der Waals surface area contributed by atoms with Crippen molar-refractivity contribution in [1.29, 1.82) is 0 Å². The number of hydrogen-bond donors (Lipinski definition) is 4. The summed E-state index contributed by atoms with van der Waals surface area (Å²) in [5.74, 6) is 0.736. The maximum Gasteiger partial charge on any atom is 0.407 e. The second-order valence-corrected chi connectivity index (χ2v) is 20.1. The summed E-state index contributed by atoms with van der Waals surface area (Å²) >= 11 is 0. The molecule has 2 bridgehead atoms. The lowest BCUT2D eigenvalue weighted by Gasteiger charge is -2.62. The molecule has 0 aromatic heterocycles. The highest BCUT2D eigenvalue weighted by atomic mass is 16.7. The van der Waals surface area contributed by atoms with Crippen molar-refractivity contribution in [3.05, 3.63) is 119 Å². The van der Waals surface area contributed by atoms with Gasteiger partial charge in [-0.1, -0.05) is 99.6 Å². The maximum atomic E-state index is 14.9. The fourth-order valence-corrected chi connectivity index (χ4v) is 11.0. The average Bonchev–Trinajstić information content (AvgIpc) is 3.68. The molecular formula is C54H72N6O7. The van der Waals surface area contributed by atoms with E-state index in [0.717, 1.165) is 39.9 Å². The molecule has 4 aromatic carbocycles. The van der Waals surface area contributed by atoms with E-state index < -0.39 is 36.9 Å². The summed E-state index contributed by atoms with van der Waals surface area (Å²) in [7, 11) is 9.50. The quantitative estimate of drug-likeness (QED) is 0.0779. The van der Waals surface area contributed by atoms with Crippen molar-refractivity contribution in [2.75, 3.05) is 59.9 Å². The number of aliphatic hydroxyl groups is 1. The van der Waals surface area contributed by atoms with Crippen LogP contribution in [0.3, 0.4) is 0 Å². The Bertz CT molecular complexity index is 2310. The molecule has 13 heteroatoms. The third-order valence-corrected chi connectivity index (χ3v) is 14.7. The summed E-state index contributed by atoms with van der Waals surface area (Å²) in [5, 5.41) is 22.1. The number of ether oxygens (including phenoxy) is 2.